The second-order valence-electron chi connectivity index (χ2n) is 8.08. The van der Waals surface area contributed by atoms with Gasteiger partial charge in [0.1, 0.15) is 12.3 Å². The molecule has 0 bridgehead atoms. The molecule has 0 fully saturated rings. The minimum atomic E-state index is -0.329. The Morgan fingerprint density at radius 2 is 1.89 bits per heavy atom. The van der Waals surface area contributed by atoms with Gasteiger partial charge in [0.05, 0.1) is 30.0 Å². The Hall–Kier alpha value is -4.24. The fourth-order valence-electron chi connectivity index (χ4n) is 4.19. The van der Waals surface area contributed by atoms with Gasteiger partial charge in [-0.25, -0.2) is 9.97 Å². The van der Waals surface area contributed by atoms with Crippen molar-refractivity contribution in [1.29, 1.82) is 0 Å². The third-order valence-corrected chi connectivity index (χ3v) is 6.60. The number of benzene rings is 2. The summed E-state index contributed by atoms with van der Waals surface area (Å²) < 4.78 is 8.84. The SMILES string of the molecule is COc1ccc(-n2c(C)cc(-c3csc(NC(=O)Cn4c(=O)cnc5ccccc54)n3)c2C)cc1. The van der Waals surface area contributed by atoms with Crippen molar-refractivity contribution in [2.24, 2.45) is 0 Å². The predicted molar refractivity (Wildman–Crippen MR) is 138 cm³/mol. The number of hydrogen-bond acceptors (Lipinski definition) is 6. The summed E-state index contributed by atoms with van der Waals surface area (Å²) in [4.78, 5) is 33.9. The van der Waals surface area contributed by atoms with E-state index in [1.807, 2.05) is 55.6 Å². The first-order valence-corrected chi connectivity index (χ1v) is 11.9. The standard InChI is InChI=1S/C26H23N5O3S/c1-16-12-20(17(2)31(16)18-8-10-19(34-3)11-9-18)22-15-35-26(28-22)29-24(32)14-30-23-7-5-4-6-21(23)27-13-25(30)33/h4-13,15H,14H2,1-3H3,(H,28,29,32). The second-order valence-corrected chi connectivity index (χ2v) is 8.93. The molecule has 1 amide bonds. The van der Waals surface area contributed by atoms with Crippen molar-refractivity contribution in [2.75, 3.05) is 12.4 Å². The quantitative estimate of drug-likeness (QED) is 0.380. The first-order valence-electron chi connectivity index (χ1n) is 11.0. The van der Waals surface area contributed by atoms with E-state index >= 15 is 0 Å². The van der Waals surface area contributed by atoms with E-state index in [9.17, 15) is 9.59 Å². The number of rotatable bonds is 6. The molecular formula is C26H23N5O3S. The lowest BCUT2D eigenvalue weighted by molar-refractivity contribution is -0.116. The van der Waals surface area contributed by atoms with Crippen LogP contribution in [-0.4, -0.2) is 32.1 Å². The number of nitrogens with zero attached hydrogens (tertiary/aromatic N) is 4. The van der Waals surface area contributed by atoms with Crippen LogP contribution in [0.3, 0.4) is 0 Å². The maximum absolute atomic E-state index is 12.7. The molecule has 35 heavy (non-hydrogen) atoms. The summed E-state index contributed by atoms with van der Waals surface area (Å²) >= 11 is 1.35. The number of carbonyl (C=O) groups is 1. The lowest BCUT2D eigenvalue weighted by Gasteiger charge is -2.10. The Labute approximate surface area is 205 Å². The third kappa shape index (κ3) is 4.33. The number of hydrogen-bond donors (Lipinski definition) is 1. The van der Waals surface area contributed by atoms with E-state index in [2.05, 4.69) is 25.9 Å². The molecule has 0 atom stereocenters. The predicted octanol–water partition coefficient (Wildman–Crippen LogP) is 4.57. The monoisotopic (exact) mass is 485 g/mol. The van der Waals surface area contributed by atoms with Crippen LogP contribution < -0.4 is 15.6 Å². The molecule has 0 aliphatic rings. The number of aromatic nitrogens is 4. The highest BCUT2D eigenvalue weighted by Crippen LogP contribution is 2.32. The van der Waals surface area contributed by atoms with Crippen molar-refractivity contribution in [3.05, 3.63) is 87.9 Å². The van der Waals surface area contributed by atoms with E-state index in [4.69, 9.17) is 4.74 Å². The third-order valence-electron chi connectivity index (χ3n) is 5.84. The lowest BCUT2D eigenvalue weighted by Crippen LogP contribution is -2.27. The molecule has 176 valence electrons. The van der Waals surface area contributed by atoms with Crippen molar-refractivity contribution in [2.45, 2.75) is 20.4 Å². The summed E-state index contributed by atoms with van der Waals surface area (Å²) in [6, 6.07) is 17.2. The van der Waals surface area contributed by atoms with Gasteiger partial charge in [0, 0.05) is 28.0 Å². The van der Waals surface area contributed by atoms with E-state index in [1.165, 1.54) is 22.1 Å². The molecule has 0 spiro atoms. The first kappa shape index (κ1) is 22.5. The molecule has 0 radical (unpaired) electrons. The van der Waals surface area contributed by atoms with Gasteiger partial charge in [-0.1, -0.05) is 12.1 Å². The molecule has 1 N–H and O–H groups in total. The second kappa shape index (κ2) is 9.19. The number of methoxy groups -OCH3 is 1. The van der Waals surface area contributed by atoms with Crippen LogP contribution >= 0.6 is 11.3 Å². The highest BCUT2D eigenvalue weighted by Gasteiger charge is 2.16. The van der Waals surface area contributed by atoms with Crippen molar-refractivity contribution in [3.63, 3.8) is 0 Å². The average molecular weight is 486 g/mol. The highest BCUT2D eigenvalue weighted by atomic mass is 32.1. The first-order chi connectivity index (χ1) is 16.9. The smallest absolute Gasteiger partial charge is 0.269 e. The zero-order valence-corrected chi connectivity index (χ0v) is 20.3. The molecule has 0 aliphatic heterocycles. The topological polar surface area (TPSA) is 91.0 Å². The Balaban J connectivity index is 1.37. The van der Waals surface area contributed by atoms with Crippen molar-refractivity contribution in [1.82, 2.24) is 19.1 Å². The number of anilines is 1. The van der Waals surface area contributed by atoms with Crippen LogP contribution in [0.1, 0.15) is 11.4 Å². The average Bonchev–Trinajstić information content (AvgIpc) is 3.44. The van der Waals surface area contributed by atoms with E-state index in [0.29, 0.717) is 16.2 Å². The number of carbonyl (C=O) groups excluding carboxylic acids is 1. The van der Waals surface area contributed by atoms with Gasteiger partial charge in [0.15, 0.2) is 5.13 Å². The van der Waals surface area contributed by atoms with Gasteiger partial charge < -0.3 is 14.6 Å². The van der Waals surface area contributed by atoms with Crippen LogP contribution in [0, 0.1) is 13.8 Å². The van der Waals surface area contributed by atoms with Crippen LogP contribution in [0.2, 0.25) is 0 Å². The zero-order chi connectivity index (χ0) is 24.5. The maximum Gasteiger partial charge on any atom is 0.269 e. The maximum atomic E-state index is 12.7. The summed E-state index contributed by atoms with van der Waals surface area (Å²) in [5.41, 5.74) is 5.87. The molecule has 0 saturated heterocycles. The Morgan fingerprint density at radius 1 is 1.11 bits per heavy atom. The van der Waals surface area contributed by atoms with Crippen LogP contribution in [0.5, 0.6) is 5.75 Å². The van der Waals surface area contributed by atoms with Gasteiger partial charge in [-0.3, -0.25) is 14.2 Å². The molecule has 8 nitrogen and oxygen atoms in total. The number of ether oxygens (including phenoxy) is 1. The molecule has 2 aromatic carbocycles. The number of nitrogens with one attached hydrogen (secondary N) is 1. The molecule has 0 unspecified atom stereocenters. The fourth-order valence-corrected chi connectivity index (χ4v) is 4.91. The van der Waals surface area contributed by atoms with Gasteiger partial charge in [-0.05, 0) is 56.3 Å². The van der Waals surface area contributed by atoms with Crippen molar-refractivity contribution >= 4 is 33.4 Å². The van der Waals surface area contributed by atoms with Crippen molar-refractivity contribution in [3.8, 4) is 22.7 Å². The van der Waals surface area contributed by atoms with E-state index in [0.717, 1.165) is 34.1 Å². The van der Waals surface area contributed by atoms with E-state index in [1.54, 1.807) is 19.2 Å². The largest absolute Gasteiger partial charge is 0.497 e. The normalized spacial score (nSPS) is 11.1. The molecule has 9 heteroatoms. The number of amides is 1. The van der Waals surface area contributed by atoms with Crippen molar-refractivity contribution < 1.29 is 9.53 Å². The minimum Gasteiger partial charge on any atom is -0.497 e. The van der Waals surface area contributed by atoms with Gasteiger partial charge in [0.2, 0.25) is 5.91 Å². The van der Waals surface area contributed by atoms with Crippen LogP contribution in [0.25, 0.3) is 28.0 Å². The highest BCUT2D eigenvalue weighted by molar-refractivity contribution is 7.14. The number of aryl methyl sites for hydroxylation is 1. The van der Waals surface area contributed by atoms with Gasteiger partial charge in [0.25, 0.3) is 5.56 Å². The molecule has 0 aliphatic carbocycles. The number of thiazole rings is 1. The molecule has 5 rings (SSSR count). The van der Waals surface area contributed by atoms with Crippen LogP contribution in [0.15, 0.2) is 71.0 Å². The molecule has 5 aromatic rings. The summed E-state index contributed by atoms with van der Waals surface area (Å²) in [6.07, 6.45) is 1.23. The molecule has 0 saturated carbocycles. The fraction of sp³-hybridized carbons (Fsp3) is 0.154. The van der Waals surface area contributed by atoms with Gasteiger partial charge >= 0.3 is 0 Å². The Kier molecular flexibility index (Phi) is 5.92. The Morgan fingerprint density at radius 3 is 2.66 bits per heavy atom. The van der Waals surface area contributed by atoms with Gasteiger partial charge in [-0.2, -0.15) is 0 Å². The van der Waals surface area contributed by atoms with E-state index in [-0.39, 0.29) is 18.0 Å². The summed E-state index contributed by atoms with van der Waals surface area (Å²) in [7, 11) is 1.65. The summed E-state index contributed by atoms with van der Waals surface area (Å²) in [5, 5.41) is 5.22. The summed E-state index contributed by atoms with van der Waals surface area (Å²) in [5.74, 6) is 0.478. The van der Waals surface area contributed by atoms with Crippen LogP contribution in [-0.2, 0) is 11.3 Å². The van der Waals surface area contributed by atoms with Gasteiger partial charge in [-0.15, -0.1) is 11.3 Å². The molecule has 3 heterocycles. The molecule has 3 aromatic heterocycles. The van der Waals surface area contributed by atoms with Crippen LogP contribution in [0.4, 0.5) is 5.13 Å². The summed E-state index contributed by atoms with van der Waals surface area (Å²) in [6.45, 7) is 3.97. The minimum absolute atomic E-state index is 0.122. The lowest BCUT2D eigenvalue weighted by atomic mass is 10.2. The Bertz CT molecular complexity index is 1600. The molecular weight excluding hydrogens is 462 g/mol. The number of fused-ring (bicyclic) bond motifs is 1. The zero-order valence-electron chi connectivity index (χ0n) is 19.5. The number of para-hydroxylation sites is 2. The van der Waals surface area contributed by atoms with E-state index < -0.39 is 0 Å².